The average Bonchev–Trinajstić information content (AvgIpc) is 2.68. The molecule has 2 unspecified atom stereocenters. The molecule has 25 heavy (non-hydrogen) atoms. The van der Waals surface area contributed by atoms with Crippen LogP contribution in [0.4, 0.5) is 0 Å². The van der Waals surface area contributed by atoms with Crippen molar-refractivity contribution in [3.63, 3.8) is 0 Å². The van der Waals surface area contributed by atoms with Crippen LogP contribution < -0.4 is 0 Å². The lowest BCUT2D eigenvalue weighted by molar-refractivity contribution is 0.374. The summed E-state index contributed by atoms with van der Waals surface area (Å²) in [6, 6.07) is 9.49. The number of hydrogen-bond acceptors (Lipinski definition) is 0. The molecule has 0 aliphatic heterocycles. The molecule has 2 atom stereocenters. The molecule has 0 N–H and O–H groups in total. The van der Waals surface area contributed by atoms with Crippen LogP contribution in [0.5, 0.6) is 0 Å². The third kappa shape index (κ3) is 5.33. The quantitative estimate of drug-likeness (QED) is 0.473. The number of aryl methyl sites for hydroxylation is 1. The van der Waals surface area contributed by atoms with Crippen LogP contribution in [-0.2, 0) is 6.42 Å². The Balaban J connectivity index is 1.46. The molecule has 1 saturated carbocycles. The van der Waals surface area contributed by atoms with Crippen LogP contribution in [0.25, 0.3) is 0 Å². The Morgan fingerprint density at radius 2 is 1.60 bits per heavy atom. The number of benzene rings is 1. The SMILES string of the molecule is CCCc1ccc(C2CCC(/C=C/C3C=CC(CC)CC3)CC2)cc1. The van der Waals surface area contributed by atoms with Gasteiger partial charge in [-0.05, 0) is 86.2 Å². The second-order valence-corrected chi connectivity index (χ2v) is 8.28. The Bertz CT molecular complexity index is 554. The maximum absolute atomic E-state index is 2.54. The fraction of sp³-hybridized carbons (Fsp3) is 0.600. The van der Waals surface area contributed by atoms with Crippen LogP contribution in [0.15, 0.2) is 48.6 Å². The molecule has 136 valence electrons. The molecule has 0 bridgehead atoms. The Hall–Kier alpha value is -1.30. The highest BCUT2D eigenvalue weighted by atomic mass is 14.3. The molecule has 0 saturated heterocycles. The molecule has 1 fully saturated rings. The molecule has 0 spiro atoms. The van der Waals surface area contributed by atoms with Gasteiger partial charge in [-0.2, -0.15) is 0 Å². The van der Waals surface area contributed by atoms with E-state index in [1.54, 1.807) is 5.56 Å². The van der Waals surface area contributed by atoms with E-state index in [4.69, 9.17) is 0 Å². The van der Waals surface area contributed by atoms with Crippen molar-refractivity contribution in [2.45, 2.75) is 77.6 Å². The van der Waals surface area contributed by atoms with Crippen molar-refractivity contribution in [2.24, 2.45) is 17.8 Å². The van der Waals surface area contributed by atoms with Gasteiger partial charge in [-0.15, -0.1) is 0 Å². The average molecular weight is 337 g/mol. The highest BCUT2D eigenvalue weighted by Crippen LogP contribution is 2.37. The van der Waals surface area contributed by atoms with Crippen molar-refractivity contribution in [3.8, 4) is 0 Å². The van der Waals surface area contributed by atoms with E-state index in [9.17, 15) is 0 Å². The van der Waals surface area contributed by atoms with Gasteiger partial charge in [0.1, 0.15) is 0 Å². The molecule has 0 nitrogen and oxygen atoms in total. The normalized spacial score (nSPS) is 30.0. The maximum Gasteiger partial charge on any atom is -0.00531 e. The molecule has 1 aromatic rings. The summed E-state index contributed by atoms with van der Waals surface area (Å²) in [6.45, 7) is 4.56. The predicted molar refractivity (Wildman–Crippen MR) is 110 cm³/mol. The summed E-state index contributed by atoms with van der Waals surface area (Å²) in [5.41, 5.74) is 3.07. The van der Waals surface area contributed by atoms with Gasteiger partial charge in [-0.3, -0.25) is 0 Å². The van der Waals surface area contributed by atoms with E-state index in [0.717, 1.165) is 17.8 Å². The lowest BCUT2D eigenvalue weighted by Gasteiger charge is -2.27. The summed E-state index contributed by atoms with van der Waals surface area (Å²) >= 11 is 0. The van der Waals surface area contributed by atoms with Crippen molar-refractivity contribution in [2.75, 3.05) is 0 Å². The minimum Gasteiger partial charge on any atom is -0.0848 e. The minimum absolute atomic E-state index is 0.701. The zero-order valence-corrected chi connectivity index (χ0v) is 16.3. The molecular formula is C25H36. The van der Waals surface area contributed by atoms with Gasteiger partial charge in [-0.25, -0.2) is 0 Å². The van der Waals surface area contributed by atoms with Crippen molar-refractivity contribution >= 4 is 0 Å². The standard InChI is InChI=1S/C25H36/c1-3-5-21-12-16-24(17-13-21)25-18-14-23(15-19-25)11-10-22-8-6-20(4-2)7-9-22/h6,8,10-13,16-17,20,22-23,25H,3-5,7,9,14-15,18-19H2,1-2H3/b11-10+. The van der Waals surface area contributed by atoms with Gasteiger partial charge in [0, 0.05) is 0 Å². The zero-order valence-electron chi connectivity index (χ0n) is 16.3. The topological polar surface area (TPSA) is 0 Å². The molecular weight excluding hydrogens is 300 g/mol. The van der Waals surface area contributed by atoms with Crippen LogP contribution in [0, 0.1) is 17.8 Å². The van der Waals surface area contributed by atoms with E-state index in [-0.39, 0.29) is 0 Å². The summed E-state index contributed by atoms with van der Waals surface area (Å²) in [5.74, 6) is 3.14. The number of hydrogen-bond donors (Lipinski definition) is 0. The minimum atomic E-state index is 0.701. The van der Waals surface area contributed by atoms with Crippen molar-refractivity contribution in [3.05, 3.63) is 59.7 Å². The van der Waals surface area contributed by atoms with Crippen LogP contribution in [-0.4, -0.2) is 0 Å². The Morgan fingerprint density at radius 1 is 0.840 bits per heavy atom. The predicted octanol–water partition coefficient (Wildman–Crippen LogP) is 7.46. The summed E-state index contributed by atoms with van der Waals surface area (Å²) in [5, 5.41) is 0. The third-order valence-electron chi connectivity index (χ3n) is 6.42. The van der Waals surface area contributed by atoms with Gasteiger partial charge >= 0.3 is 0 Å². The molecule has 2 aliphatic rings. The van der Waals surface area contributed by atoms with Crippen molar-refractivity contribution in [1.82, 2.24) is 0 Å². The van der Waals surface area contributed by atoms with Crippen molar-refractivity contribution in [1.29, 1.82) is 0 Å². The van der Waals surface area contributed by atoms with E-state index < -0.39 is 0 Å². The molecule has 0 heterocycles. The van der Waals surface area contributed by atoms with E-state index in [1.165, 1.54) is 63.4 Å². The van der Waals surface area contributed by atoms with Gasteiger partial charge in [0.25, 0.3) is 0 Å². The van der Waals surface area contributed by atoms with E-state index in [2.05, 4.69) is 62.4 Å². The monoisotopic (exact) mass is 336 g/mol. The van der Waals surface area contributed by atoms with E-state index in [1.807, 2.05) is 0 Å². The van der Waals surface area contributed by atoms with Gasteiger partial charge in [0.15, 0.2) is 0 Å². The highest BCUT2D eigenvalue weighted by molar-refractivity contribution is 5.26. The molecule has 1 aromatic carbocycles. The molecule has 0 amide bonds. The van der Waals surface area contributed by atoms with E-state index in [0.29, 0.717) is 5.92 Å². The smallest absolute Gasteiger partial charge is 0.00531 e. The highest BCUT2D eigenvalue weighted by Gasteiger charge is 2.21. The van der Waals surface area contributed by atoms with Gasteiger partial charge < -0.3 is 0 Å². The fourth-order valence-electron chi connectivity index (χ4n) is 4.59. The van der Waals surface area contributed by atoms with Crippen molar-refractivity contribution < 1.29 is 0 Å². The first kappa shape index (κ1) is 18.5. The molecule has 0 heteroatoms. The lowest BCUT2D eigenvalue weighted by atomic mass is 9.78. The number of allylic oxidation sites excluding steroid dienone is 4. The van der Waals surface area contributed by atoms with E-state index >= 15 is 0 Å². The third-order valence-corrected chi connectivity index (χ3v) is 6.42. The second-order valence-electron chi connectivity index (χ2n) is 8.28. The van der Waals surface area contributed by atoms with Gasteiger partial charge in [0.2, 0.25) is 0 Å². The molecule has 0 radical (unpaired) electrons. The first-order valence-corrected chi connectivity index (χ1v) is 10.7. The lowest BCUT2D eigenvalue weighted by Crippen LogP contribution is -2.12. The number of rotatable bonds is 6. The first-order valence-electron chi connectivity index (χ1n) is 10.7. The van der Waals surface area contributed by atoms with Gasteiger partial charge in [0.05, 0.1) is 0 Å². The summed E-state index contributed by atoms with van der Waals surface area (Å²) in [4.78, 5) is 0. The largest absolute Gasteiger partial charge is 0.0848 e. The maximum atomic E-state index is 2.54. The first-order chi connectivity index (χ1) is 12.3. The summed E-state index contributed by atoms with van der Waals surface area (Å²) in [7, 11) is 0. The Kier molecular flexibility index (Phi) is 6.96. The fourth-order valence-corrected chi connectivity index (χ4v) is 4.59. The Labute approximate surface area is 155 Å². The molecule has 3 rings (SSSR count). The van der Waals surface area contributed by atoms with Crippen LogP contribution in [0.2, 0.25) is 0 Å². The Morgan fingerprint density at radius 3 is 2.20 bits per heavy atom. The second kappa shape index (κ2) is 9.41. The summed E-state index contributed by atoms with van der Waals surface area (Å²) in [6.07, 6.45) is 21.9. The van der Waals surface area contributed by atoms with Crippen LogP contribution >= 0.6 is 0 Å². The summed E-state index contributed by atoms with van der Waals surface area (Å²) < 4.78 is 0. The van der Waals surface area contributed by atoms with Crippen LogP contribution in [0.1, 0.15) is 82.3 Å². The molecule has 2 aliphatic carbocycles. The molecule has 0 aromatic heterocycles. The zero-order chi connectivity index (χ0) is 17.5. The van der Waals surface area contributed by atoms with Crippen LogP contribution in [0.3, 0.4) is 0 Å². The van der Waals surface area contributed by atoms with Gasteiger partial charge in [-0.1, -0.05) is 68.8 Å².